The Morgan fingerprint density at radius 1 is 1.30 bits per heavy atom. The summed E-state index contributed by atoms with van der Waals surface area (Å²) in [6, 6.07) is 6.43. The Kier molecular flexibility index (Phi) is 3.40. The topological polar surface area (TPSA) is 26.3 Å². The fourth-order valence-corrected chi connectivity index (χ4v) is 5.86. The van der Waals surface area contributed by atoms with Gasteiger partial charge in [0.15, 0.2) is 0 Å². The van der Waals surface area contributed by atoms with Gasteiger partial charge in [-0.15, -0.1) is 6.58 Å². The van der Waals surface area contributed by atoms with Crippen molar-refractivity contribution in [3.63, 3.8) is 0 Å². The first-order valence-corrected chi connectivity index (χ1v) is 8.92. The van der Waals surface area contributed by atoms with E-state index in [-0.39, 0.29) is 5.41 Å². The minimum Gasteiger partial charge on any atom is -0.497 e. The van der Waals surface area contributed by atoms with E-state index < -0.39 is 0 Å². The lowest BCUT2D eigenvalue weighted by Gasteiger charge is -2.49. The van der Waals surface area contributed by atoms with E-state index in [1.807, 2.05) is 6.08 Å². The summed E-state index contributed by atoms with van der Waals surface area (Å²) in [6.07, 6.45) is 7.41. The smallest absolute Gasteiger partial charge is 0.140 e. The van der Waals surface area contributed by atoms with Crippen LogP contribution in [-0.4, -0.2) is 12.9 Å². The maximum Gasteiger partial charge on any atom is 0.140 e. The highest BCUT2D eigenvalue weighted by Crippen LogP contribution is 2.61. The van der Waals surface area contributed by atoms with Gasteiger partial charge in [-0.1, -0.05) is 19.1 Å². The van der Waals surface area contributed by atoms with Crippen LogP contribution in [0.2, 0.25) is 0 Å². The zero-order chi connectivity index (χ0) is 16.2. The molecule has 0 N–H and O–H groups in total. The summed E-state index contributed by atoms with van der Waals surface area (Å²) in [5, 5.41) is 0. The number of benzene rings is 1. The second kappa shape index (κ2) is 5.22. The Morgan fingerprint density at radius 3 is 2.87 bits per heavy atom. The van der Waals surface area contributed by atoms with E-state index >= 15 is 0 Å². The predicted molar refractivity (Wildman–Crippen MR) is 91.7 cm³/mol. The average Bonchev–Trinajstić information content (AvgIpc) is 2.92. The summed E-state index contributed by atoms with van der Waals surface area (Å²) in [4.78, 5) is 13.1. The van der Waals surface area contributed by atoms with Gasteiger partial charge in [0.25, 0.3) is 0 Å². The van der Waals surface area contributed by atoms with Crippen LogP contribution in [0.5, 0.6) is 5.75 Å². The van der Waals surface area contributed by atoms with Crippen molar-refractivity contribution >= 4 is 5.78 Å². The first-order valence-electron chi connectivity index (χ1n) is 8.92. The summed E-state index contributed by atoms with van der Waals surface area (Å²) in [5.74, 6) is 3.30. The Bertz CT molecular complexity index is 662. The molecule has 0 bridgehead atoms. The molecule has 0 radical (unpaired) electrons. The third kappa shape index (κ3) is 1.96. The fourth-order valence-electron chi connectivity index (χ4n) is 5.86. The van der Waals surface area contributed by atoms with Crippen LogP contribution in [0, 0.1) is 23.2 Å². The van der Waals surface area contributed by atoms with Gasteiger partial charge in [0, 0.05) is 11.8 Å². The molecule has 2 nitrogen and oxygen atoms in total. The summed E-state index contributed by atoms with van der Waals surface area (Å²) in [7, 11) is 1.72. The highest BCUT2D eigenvalue weighted by atomic mass is 16.5. The molecular weight excluding hydrogens is 284 g/mol. The third-order valence-corrected chi connectivity index (χ3v) is 7.15. The van der Waals surface area contributed by atoms with Crippen LogP contribution < -0.4 is 4.74 Å². The predicted octanol–water partition coefficient (Wildman–Crippen LogP) is 4.53. The molecule has 1 aromatic carbocycles. The number of carbonyl (C=O) groups is 1. The molecule has 0 heterocycles. The van der Waals surface area contributed by atoms with Gasteiger partial charge in [-0.2, -0.15) is 0 Å². The van der Waals surface area contributed by atoms with Gasteiger partial charge < -0.3 is 4.74 Å². The third-order valence-electron chi connectivity index (χ3n) is 7.15. The first-order chi connectivity index (χ1) is 11.1. The standard InChI is InChI=1S/C21H26O2/c1-4-14-7-10-19-16-9-6-13-5-8-15(23-3)11-17(13)18(16)12-20(22)21(14,19)2/h4-5,8,11,14,16,18-19H,1,6-7,9-10,12H2,2-3H3/t14-,16+,18+,19-,21+/m0/s1. The fraction of sp³-hybridized carbons (Fsp3) is 0.571. The second-order valence-corrected chi connectivity index (χ2v) is 7.81. The van der Waals surface area contributed by atoms with Crippen LogP contribution in [0.1, 0.15) is 49.7 Å². The maximum absolute atomic E-state index is 13.1. The van der Waals surface area contributed by atoms with Crippen LogP contribution in [-0.2, 0) is 11.2 Å². The molecule has 0 aliphatic heterocycles. The van der Waals surface area contributed by atoms with E-state index in [4.69, 9.17) is 4.74 Å². The SMILES string of the molecule is C=C[C@H]1CC[C@H]2[C@@H]3CCc4ccc(OC)cc4[C@@H]3CC(=O)[C@]12C. The second-order valence-electron chi connectivity index (χ2n) is 7.81. The van der Waals surface area contributed by atoms with Gasteiger partial charge in [-0.25, -0.2) is 0 Å². The van der Waals surface area contributed by atoms with Gasteiger partial charge in [-0.3, -0.25) is 4.79 Å². The number of hydrogen-bond acceptors (Lipinski definition) is 2. The molecule has 0 unspecified atom stereocenters. The molecular formula is C21H26O2. The van der Waals surface area contributed by atoms with E-state index in [1.54, 1.807) is 7.11 Å². The lowest BCUT2D eigenvalue weighted by Crippen LogP contribution is -2.48. The zero-order valence-electron chi connectivity index (χ0n) is 14.2. The van der Waals surface area contributed by atoms with Crippen LogP contribution in [0.25, 0.3) is 0 Å². The molecule has 2 saturated carbocycles. The van der Waals surface area contributed by atoms with Crippen LogP contribution in [0.4, 0.5) is 0 Å². The number of ketones is 1. The molecule has 1 aromatic rings. The minimum atomic E-state index is -0.167. The van der Waals surface area contributed by atoms with Crippen molar-refractivity contribution in [2.45, 2.75) is 44.9 Å². The van der Waals surface area contributed by atoms with Crippen molar-refractivity contribution < 1.29 is 9.53 Å². The number of allylic oxidation sites excluding steroid dienone is 1. The molecule has 0 saturated heterocycles. The van der Waals surface area contributed by atoms with Crippen molar-refractivity contribution in [3.8, 4) is 5.75 Å². The summed E-state index contributed by atoms with van der Waals surface area (Å²) < 4.78 is 5.43. The molecule has 2 fully saturated rings. The zero-order valence-corrected chi connectivity index (χ0v) is 14.2. The van der Waals surface area contributed by atoms with Gasteiger partial charge in [0.1, 0.15) is 11.5 Å². The van der Waals surface area contributed by atoms with Crippen LogP contribution in [0.15, 0.2) is 30.9 Å². The number of fused-ring (bicyclic) bond motifs is 5. The van der Waals surface area contributed by atoms with E-state index in [0.29, 0.717) is 35.9 Å². The summed E-state index contributed by atoms with van der Waals surface area (Å²) in [6.45, 7) is 6.23. The number of hydrogen-bond donors (Lipinski definition) is 0. The Hall–Kier alpha value is -1.57. The molecule has 2 heteroatoms. The number of Topliss-reactive ketones (excluding diaryl/α,β-unsaturated/α-hetero) is 1. The highest BCUT2D eigenvalue weighted by Gasteiger charge is 2.58. The van der Waals surface area contributed by atoms with Gasteiger partial charge in [-0.05, 0) is 72.6 Å². The largest absolute Gasteiger partial charge is 0.497 e. The normalized spacial score (nSPS) is 38.4. The van der Waals surface area contributed by atoms with E-state index in [0.717, 1.165) is 18.6 Å². The lowest BCUT2D eigenvalue weighted by atomic mass is 9.53. The number of ether oxygens (including phenoxy) is 1. The average molecular weight is 310 g/mol. The monoisotopic (exact) mass is 310 g/mol. The summed E-state index contributed by atoms with van der Waals surface area (Å²) in [5.41, 5.74) is 2.62. The van der Waals surface area contributed by atoms with Gasteiger partial charge in [0.05, 0.1) is 7.11 Å². The van der Waals surface area contributed by atoms with Crippen molar-refractivity contribution in [2.24, 2.45) is 23.2 Å². The Labute approximate surface area is 138 Å². The van der Waals surface area contributed by atoms with E-state index in [9.17, 15) is 4.79 Å². The van der Waals surface area contributed by atoms with E-state index in [2.05, 4.69) is 31.7 Å². The highest BCUT2D eigenvalue weighted by molar-refractivity contribution is 5.88. The summed E-state index contributed by atoms with van der Waals surface area (Å²) >= 11 is 0. The number of carbonyl (C=O) groups excluding carboxylic acids is 1. The Balaban J connectivity index is 1.76. The van der Waals surface area contributed by atoms with Gasteiger partial charge >= 0.3 is 0 Å². The van der Waals surface area contributed by atoms with E-state index in [1.165, 1.54) is 24.0 Å². The van der Waals surface area contributed by atoms with Crippen molar-refractivity contribution in [2.75, 3.05) is 7.11 Å². The van der Waals surface area contributed by atoms with Crippen molar-refractivity contribution in [3.05, 3.63) is 42.0 Å². The van der Waals surface area contributed by atoms with Gasteiger partial charge in [0.2, 0.25) is 0 Å². The molecule has 4 rings (SSSR count). The molecule has 23 heavy (non-hydrogen) atoms. The minimum absolute atomic E-state index is 0.167. The molecule has 3 aliphatic rings. The number of aryl methyl sites for hydroxylation is 1. The molecule has 0 aromatic heterocycles. The lowest BCUT2D eigenvalue weighted by molar-refractivity contribution is -0.138. The van der Waals surface area contributed by atoms with Crippen LogP contribution in [0.3, 0.4) is 0 Å². The maximum atomic E-state index is 13.1. The number of rotatable bonds is 2. The quantitative estimate of drug-likeness (QED) is 0.750. The molecule has 122 valence electrons. The molecule has 0 amide bonds. The van der Waals surface area contributed by atoms with Crippen LogP contribution >= 0.6 is 0 Å². The Morgan fingerprint density at radius 2 is 2.13 bits per heavy atom. The molecule has 5 atom stereocenters. The number of methoxy groups -OCH3 is 1. The first kappa shape index (κ1) is 15.0. The van der Waals surface area contributed by atoms with Crippen molar-refractivity contribution in [1.29, 1.82) is 0 Å². The molecule has 0 spiro atoms. The van der Waals surface area contributed by atoms with Crippen molar-refractivity contribution in [1.82, 2.24) is 0 Å². The molecule has 3 aliphatic carbocycles.